The predicted molar refractivity (Wildman–Crippen MR) is 66.7 cm³/mol. The lowest BCUT2D eigenvalue weighted by molar-refractivity contribution is -0.137. The molecule has 0 spiro atoms. The van der Waals surface area contributed by atoms with Crippen molar-refractivity contribution in [3.63, 3.8) is 0 Å². The number of unbranched alkanes of at least 4 members (excludes halogenated alkanes) is 1. The molecule has 4 nitrogen and oxygen atoms in total. The molecule has 0 aromatic rings. The van der Waals surface area contributed by atoms with E-state index in [9.17, 15) is 9.59 Å². The van der Waals surface area contributed by atoms with Gasteiger partial charge in [-0.15, -0.1) is 0 Å². The maximum absolute atomic E-state index is 11.3. The van der Waals surface area contributed by atoms with E-state index in [0.717, 1.165) is 5.75 Å². The quantitative estimate of drug-likeness (QED) is 0.609. The van der Waals surface area contributed by atoms with Crippen LogP contribution in [0.1, 0.15) is 32.6 Å². The number of carboxylic acid groups (broad SMARTS) is 1. The zero-order valence-corrected chi connectivity index (χ0v) is 10.8. The molecule has 0 aromatic carbocycles. The lowest BCUT2D eigenvalue weighted by Crippen LogP contribution is -2.28. The fourth-order valence-electron chi connectivity index (χ4n) is 1.28. The first kappa shape index (κ1) is 15.3. The summed E-state index contributed by atoms with van der Waals surface area (Å²) in [6, 6.07) is 0. The maximum Gasteiger partial charge on any atom is 0.303 e. The van der Waals surface area contributed by atoms with Crippen LogP contribution in [0.5, 0.6) is 0 Å². The van der Waals surface area contributed by atoms with E-state index in [4.69, 9.17) is 5.11 Å². The van der Waals surface area contributed by atoms with E-state index in [-0.39, 0.29) is 12.3 Å². The van der Waals surface area contributed by atoms with Gasteiger partial charge in [0, 0.05) is 19.4 Å². The van der Waals surface area contributed by atoms with E-state index in [1.165, 1.54) is 0 Å². The number of rotatable bonds is 9. The van der Waals surface area contributed by atoms with Crippen molar-refractivity contribution < 1.29 is 14.7 Å². The third-order valence-electron chi connectivity index (χ3n) is 2.14. The van der Waals surface area contributed by atoms with Gasteiger partial charge in [-0.2, -0.15) is 11.8 Å². The van der Waals surface area contributed by atoms with Crippen LogP contribution in [0.4, 0.5) is 0 Å². The second kappa shape index (κ2) is 9.51. The van der Waals surface area contributed by atoms with Crippen LogP contribution in [0.25, 0.3) is 0 Å². The molecule has 1 atom stereocenters. The Labute approximate surface area is 101 Å². The Bertz CT molecular complexity index is 221. The second-order valence-corrected chi connectivity index (χ2v) is 4.88. The number of aliphatic carboxylic acids is 1. The van der Waals surface area contributed by atoms with Crippen LogP contribution in [-0.4, -0.2) is 35.5 Å². The molecule has 0 aliphatic rings. The van der Waals surface area contributed by atoms with Crippen LogP contribution in [0, 0.1) is 5.92 Å². The molecule has 0 radical (unpaired) electrons. The van der Waals surface area contributed by atoms with Crippen LogP contribution in [0.15, 0.2) is 0 Å². The van der Waals surface area contributed by atoms with Gasteiger partial charge in [0.1, 0.15) is 0 Å². The highest BCUT2D eigenvalue weighted by Crippen LogP contribution is 2.03. The number of hydrogen-bond acceptors (Lipinski definition) is 3. The van der Waals surface area contributed by atoms with Gasteiger partial charge in [-0.25, -0.2) is 0 Å². The number of carboxylic acids is 1. The molecular formula is C11H21NO3S. The van der Waals surface area contributed by atoms with Gasteiger partial charge in [-0.3, -0.25) is 9.59 Å². The zero-order chi connectivity index (χ0) is 12.4. The highest BCUT2D eigenvalue weighted by molar-refractivity contribution is 7.98. The van der Waals surface area contributed by atoms with Crippen molar-refractivity contribution in [1.29, 1.82) is 0 Å². The second-order valence-electron chi connectivity index (χ2n) is 3.97. The highest BCUT2D eigenvalue weighted by Gasteiger charge is 2.05. The van der Waals surface area contributed by atoms with Crippen molar-refractivity contribution >= 4 is 23.6 Å². The Morgan fingerprint density at radius 2 is 1.94 bits per heavy atom. The Hall–Kier alpha value is -0.710. The van der Waals surface area contributed by atoms with Gasteiger partial charge in [-0.05, 0) is 30.8 Å². The summed E-state index contributed by atoms with van der Waals surface area (Å²) < 4.78 is 0. The number of carbonyl (C=O) groups is 2. The molecular weight excluding hydrogens is 226 g/mol. The van der Waals surface area contributed by atoms with Crippen LogP contribution < -0.4 is 5.32 Å². The smallest absolute Gasteiger partial charge is 0.303 e. The number of carbonyl (C=O) groups excluding carboxylic acids is 1. The molecule has 94 valence electrons. The van der Waals surface area contributed by atoms with E-state index in [1.807, 2.05) is 6.26 Å². The molecule has 0 aromatic heterocycles. The first-order chi connectivity index (χ1) is 7.56. The summed E-state index contributed by atoms with van der Waals surface area (Å²) >= 11 is 1.77. The fraction of sp³-hybridized carbons (Fsp3) is 0.818. The molecule has 0 aliphatic heterocycles. The van der Waals surface area contributed by atoms with E-state index in [0.29, 0.717) is 31.7 Å². The number of thioether (sulfide) groups is 1. The lowest BCUT2D eigenvalue weighted by atomic mass is 10.1. The summed E-state index contributed by atoms with van der Waals surface area (Å²) in [4.78, 5) is 21.6. The number of nitrogens with one attached hydrogen (secondary N) is 1. The SMILES string of the molecule is CSCC(C)CNC(=O)CCCCC(=O)O. The first-order valence-corrected chi connectivity index (χ1v) is 6.93. The molecule has 0 saturated carbocycles. The van der Waals surface area contributed by atoms with Gasteiger partial charge < -0.3 is 10.4 Å². The van der Waals surface area contributed by atoms with Crippen LogP contribution in [-0.2, 0) is 9.59 Å². The summed E-state index contributed by atoms with van der Waals surface area (Å²) in [5.74, 6) is 0.754. The summed E-state index contributed by atoms with van der Waals surface area (Å²) in [7, 11) is 0. The summed E-state index contributed by atoms with van der Waals surface area (Å²) in [6.45, 7) is 2.81. The number of hydrogen-bond donors (Lipinski definition) is 2. The highest BCUT2D eigenvalue weighted by atomic mass is 32.2. The molecule has 0 aliphatic carbocycles. The lowest BCUT2D eigenvalue weighted by Gasteiger charge is -2.10. The van der Waals surface area contributed by atoms with E-state index in [1.54, 1.807) is 11.8 Å². The minimum Gasteiger partial charge on any atom is -0.481 e. The summed E-state index contributed by atoms with van der Waals surface area (Å²) in [5.41, 5.74) is 0. The van der Waals surface area contributed by atoms with Crippen molar-refractivity contribution in [2.75, 3.05) is 18.6 Å². The van der Waals surface area contributed by atoms with Gasteiger partial charge >= 0.3 is 5.97 Å². The largest absolute Gasteiger partial charge is 0.481 e. The van der Waals surface area contributed by atoms with Crippen LogP contribution in [0.3, 0.4) is 0 Å². The molecule has 1 amide bonds. The topological polar surface area (TPSA) is 66.4 Å². The van der Waals surface area contributed by atoms with E-state index < -0.39 is 5.97 Å². The maximum atomic E-state index is 11.3. The summed E-state index contributed by atoms with van der Waals surface area (Å²) in [6.07, 6.45) is 3.85. The normalized spacial score (nSPS) is 12.1. The predicted octanol–water partition coefficient (Wildman–Crippen LogP) is 1.75. The van der Waals surface area contributed by atoms with Crippen molar-refractivity contribution in [1.82, 2.24) is 5.32 Å². The Morgan fingerprint density at radius 1 is 1.31 bits per heavy atom. The van der Waals surface area contributed by atoms with Crippen molar-refractivity contribution in [2.24, 2.45) is 5.92 Å². The Morgan fingerprint density at radius 3 is 2.50 bits per heavy atom. The third kappa shape index (κ3) is 9.83. The molecule has 2 N–H and O–H groups in total. The summed E-state index contributed by atoms with van der Waals surface area (Å²) in [5, 5.41) is 11.3. The van der Waals surface area contributed by atoms with Crippen molar-refractivity contribution in [2.45, 2.75) is 32.6 Å². The molecule has 5 heteroatoms. The third-order valence-corrected chi connectivity index (χ3v) is 3.05. The van der Waals surface area contributed by atoms with Gasteiger partial charge in [0.15, 0.2) is 0 Å². The molecule has 16 heavy (non-hydrogen) atoms. The molecule has 0 saturated heterocycles. The Balaban J connectivity index is 3.41. The monoisotopic (exact) mass is 247 g/mol. The van der Waals surface area contributed by atoms with Gasteiger partial charge in [0.25, 0.3) is 0 Å². The Kier molecular flexibility index (Phi) is 9.09. The standard InChI is InChI=1S/C11H21NO3S/c1-9(8-16-2)7-12-10(13)5-3-4-6-11(14)15/h9H,3-8H2,1-2H3,(H,12,13)(H,14,15). The van der Waals surface area contributed by atoms with Gasteiger partial charge in [0.2, 0.25) is 5.91 Å². The molecule has 0 bridgehead atoms. The van der Waals surface area contributed by atoms with Crippen molar-refractivity contribution in [3.05, 3.63) is 0 Å². The fourth-order valence-corrected chi connectivity index (χ4v) is 1.97. The van der Waals surface area contributed by atoms with Crippen LogP contribution >= 0.6 is 11.8 Å². The molecule has 1 unspecified atom stereocenters. The van der Waals surface area contributed by atoms with Crippen molar-refractivity contribution in [3.8, 4) is 0 Å². The minimum atomic E-state index is -0.797. The zero-order valence-electron chi connectivity index (χ0n) is 9.99. The average molecular weight is 247 g/mol. The minimum absolute atomic E-state index is 0.0262. The number of amides is 1. The molecule has 0 rings (SSSR count). The van der Waals surface area contributed by atoms with E-state index in [2.05, 4.69) is 12.2 Å². The molecule has 0 heterocycles. The van der Waals surface area contributed by atoms with Gasteiger partial charge in [-0.1, -0.05) is 6.92 Å². The molecule has 0 fully saturated rings. The van der Waals surface area contributed by atoms with Crippen LogP contribution in [0.2, 0.25) is 0 Å². The first-order valence-electron chi connectivity index (χ1n) is 5.53. The van der Waals surface area contributed by atoms with Gasteiger partial charge in [0.05, 0.1) is 0 Å². The van der Waals surface area contributed by atoms with E-state index >= 15 is 0 Å². The average Bonchev–Trinajstić information content (AvgIpc) is 2.22.